The number of ether oxygens (including phenoxy) is 2. The standard InChI is InChI=1S/C27H44O3/c1-16-7-12-27(29-15-16)17(2)24-23(30-27)14-22-20-6-5-18-13-19(28)8-10-25(18,3)21(20)9-11-26(22,24)4/h16-24,28H,5-15H2,1-4H3/t16-,17-,18?,19-,20?,21?,22?,23?,24?,25-,26-,27+/m0/s1. The van der Waals surface area contributed by atoms with Gasteiger partial charge in [-0.3, -0.25) is 0 Å². The van der Waals surface area contributed by atoms with Crippen LogP contribution in [0, 0.1) is 52.3 Å². The van der Waals surface area contributed by atoms with Crippen LogP contribution in [0.15, 0.2) is 0 Å². The van der Waals surface area contributed by atoms with E-state index >= 15 is 0 Å². The third-order valence-electron chi connectivity index (χ3n) is 11.9. The molecule has 12 atom stereocenters. The fraction of sp³-hybridized carbons (Fsp3) is 1.00. The van der Waals surface area contributed by atoms with Crippen LogP contribution in [0.2, 0.25) is 0 Å². The van der Waals surface area contributed by atoms with Crippen LogP contribution in [0.4, 0.5) is 0 Å². The summed E-state index contributed by atoms with van der Waals surface area (Å²) in [6.45, 7) is 10.9. The molecule has 0 bridgehead atoms. The second-order valence-corrected chi connectivity index (χ2v) is 13.1. The molecule has 6 unspecified atom stereocenters. The molecule has 0 aromatic rings. The summed E-state index contributed by atoms with van der Waals surface area (Å²) >= 11 is 0. The van der Waals surface area contributed by atoms with E-state index in [1.807, 2.05) is 0 Å². The van der Waals surface area contributed by atoms with E-state index in [9.17, 15) is 5.11 Å². The zero-order chi connectivity index (χ0) is 20.9. The van der Waals surface area contributed by atoms with Crippen molar-refractivity contribution in [1.82, 2.24) is 0 Å². The Morgan fingerprint density at radius 1 is 0.833 bits per heavy atom. The zero-order valence-electron chi connectivity index (χ0n) is 19.7. The lowest BCUT2D eigenvalue weighted by molar-refractivity contribution is -0.273. The van der Waals surface area contributed by atoms with Gasteiger partial charge in [-0.25, -0.2) is 0 Å². The Hall–Kier alpha value is -0.120. The molecule has 170 valence electrons. The lowest BCUT2D eigenvalue weighted by Crippen LogP contribution is -2.55. The van der Waals surface area contributed by atoms with Gasteiger partial charge in [-0.2, -0.15) is 0 Å². The predicted octanol–water partition coefficient (Wildman–Crippen LogP) is 5.79. The maximum Gasteiger partial charge on any atom is 0.171 e. The van der Waals surface area contributed by atoms with Gasteiger partial charge in [0.2, 0.25) is 0 Å². The minimum absolute atomic E-state index is 0.0389. The smallest absolute Gasteiger partial charge is 0.171 e. The van der Waals surface area contributed by atoms with Crippen molar-refractivity contribution in [2.45, 2.75) is 110 Å². The zero-order valence-corrected chi connectivity index (χ0v) is 19.7. The van der Waals surface area contributed by atoms with Crippen molar-refractivity contribution in [2.24, 2.45) is 52.3 Å². The summed E-state index contributed by atoms with van der Waals surface area (Å²) < 4.78 is 13.4. The Kier molecular flexibility index (Phi) is 4.58. The van der Waals surface area contributed by atoms with E-state index in [2.05, 4.69) is 27.7 Å². The Bertz CT molecular complexity index is 684. The molecule has 2 heterocycles. The topological polar surface area (TPSA) is 38.7 Å². The number of aliphatic hydroxyl groups excluding tert-OH is 1. The molecular formula is C27H44O3. The monoisotopic (exact) mass is 416 g/mol. The second-order valence-electron chi connectivity index (χ2n) is 13.1. The van der Waals surface area contributed by atoms with Crippen LogP contribution in [0.1, 0.15) is 91.9 Å². The number of aliphatic hydroxyl groups is 1. The van der Waals surface area contributed by atoms with Crippen LogP contribution in [0.3, 0.4) is 0 Å². The van der Waals surface area contributed by atoms with E-state index in [-0.39, 0.29) is 11.9 Å². The molecule has 1 N–H and O–H groups in total. The normalized spacial score (nSPS) is 62.5. The first kappa shape index (κ1) is 20.5. The Labute approximate surface area is 183 Å². The molecule has 0 aromatic heterocycles. The highest BCUT2D eigenvalue weighted by Gasteiger charge is 2.69. The SMILES string of the molecule is C[C@H]1CC[C@@]2(OC1)OC1CC3C4CCC5C[C@@H](O)CC[C@]5(C)C4CC[C@]3(C)C1[C@@H]2C. The summed E-state index contributed by atoms with van der Waals surface area (Å²) in [6, 6.07) is 0. The van der Waals surface area contributed by atoms with E-state index in [0.717, 1.165) is 49.5 Å². The van der Waals surface area contributed by atoms with Crippen molar-refractivity contribution in [3.63, 3.8) is 0 Å². The predicted molar refractivity (Wildman–Crippen MR) is 118 cm³/mol. The van der Waals surface area contributed by atoms with Crippen LogP contribution in [0.5, 0.6) is 0 Å². The first-order valence-electron chi connectivity index (χ1n) is 13.3. The van der Waals surface area contributed by atoms with Crippen LogP contribution in [-0.2, 0) is 9.47 Å². The van der Waals surface area contributed by atoms with Crippen LogP contribution in [-0.4, -0.2) is 29.7 Å². The third-order valence-corrected chi connectivity index (χ3v) is 11.9. The Morgan fingerprint density at radius 2 is 1.63 bits per heavy atom. The molecule has 1 spiro atoms. The summed E-state index contributed by atoms with van der Waals surface area (Å²) in [5.41, 5.74) is 0.899. The highest BCUT2D eigenvalue weighted by molar-refractivity contribution is 5.15. The van der Waals surface area contributed by atoms with Crippen LogP contribution < -0.4 is 0 Å². The van der Waals surface area contributed by atoms with Gasteiger partial charge < -0.3 is 14.6 Å². The molecule has 2 aliphatic heterocycles. The van der Waals surface area contributed by atoms with Crippen molar-refractivity contribution >= 4 is 0 Å². The summed E-state index contributed by atoms with van der Waals surface area (Å²) in [5, 5.41) is 10.3. The van der Waals surface area contributed by atoms with Crippen molar-refractivity contribution in [3.8, 4) is 0 Å². The van der Waals surface area contributed by atoms with Gasteiger partial charge in [-0.05, 0) is 104 Å². The van der Waals surface area contributed by atoms with Gasteiger partial charge in [0.25, 0.3) is 0 Å². The third kappa shape index (κ3) is 2.61. The number of rotatable bonds is 0. The van der Waals surface area contributed by atoms with E-state index in [4.69, 9.17) is 9.47 Å². The minimum atomic E-state index is -0.282. The van der Waals surface area contributed by atoms with Gasteiger partial charge in [0.1, 0.15) is 0 Å². The minimum Gasteiger partial charge on any atom is -0.393 e. The Morgan fingerprint density at radius 3 is 2.40 bits per heavy atom. The van der Waals surface area contributed by atoms with Crippen LogP contribution >= 0.6 is 0 Å². The fourth-order valence-electron chi connectivity index (χ4n) is 10.3. The van der Waals surface area contributed by atoms with Crippen molar-refractivity contribution < 1.29 is 14.6 Å². The molecule has 0 amide bonds. The lowest BCUT2D eigenvalue weighted by atomic mass is 9.44. The molecule has 3 nitrogen and oxygen atoms in total. The molecule has 6 rings (SSSR count). The number of hydrogen-bond acceptors (Lipinski definition) is 3. The first-order valence-corrected chi connectivity index (χ1v) is 13.3. The Balaban J connectivity index is 1.26. The summed E-state index contributed by atoms with van der Waals surface area (Å²) in [6.07, 6.45) is 12.9. The van der Waals surface area contributed by atoms with E-state index in [1.165, 1.54) is 44.9 Å². The van der Waals surface area contributed by atoms with E-state index in [0.29, 0.717) is 34.7 Å². The van der Waals surface area contributed by atoms with E-state index < -0.39 is 0 Å². The van der Waals surface area contributed by atoms with Crippen molar-refractivity contribution in [1.29, 1.82) is 0 Å². The highest BCUT2D eigenvalue weighted by atomic mass is 16.7. The maximum atomic E-state index is 10.3. The fourth-order valence-corrected chi connectivity index (χ4v) is 10.3. The molecule has 0 aromatic carbocycles. The molecule has 6 aliphatic rings. The molecule has 4 saturated carbocycles. The summed E-state index contributed by atoms with van der Waals surface area (Å²) in [5.74, 6) is 4.93. The second kappa shape index (κ2) is 6.70. The quantitative estimate of drug-likeness (QED) is 0.543. The number of hydrogen-bond donors (Lipinski definition) is 1. The molecule has 30 heavy (non-hydrogen) atoms. The van der Waals surface area contributed by atoms with Crippen molar-refractivity contribution in [3.05, 3.63) is 0 Å². The average Bonchev–Trinajstić information content (AvgIpc) is 3.16. The molecule has 6 fully saturated rings. The molecule has 2 saturated heterocycles. The largest absolute Gasteiger partial charge is 0.393 e. The number of fused-ring (bicyclic) bond motifs is 7. The highest BCUT2D eigenvalue weighted by Crippen LogP contribution is 2.71. The average molecular weight is 417 g/mol. The van der Waals surface area contributed by atoms with Gasteiger partial charge in [0.15, 0.2) is 5.79 Å². The van der Waals surface area contributed by atoms with E-state index in [1.54, 1.807) is 0 Å². The molecule has 0 radical (unpaired) electrons. The van der Waals surface area contributed by atoms with Crippen LogP contribution in [0.25, 0.3) is 0 Å². The molecule has 3 heteroatoms. The van der Waals surface area contributed by atoms with Gasteiger partial charge in [-0.15, -0.1) is 0 Å². The molecule has 4 aliphatic carbocycles. The summed E-state index contributed by atoms with van der Waals surface area (Å²) in [7, 11) is 0. The van der Waals surface area contributed by atoms with Gasteiger partial charge in [-0.1, -0.05) is 27.7 Å². The first-order chi connectivity index (χ1) is 14.3. The summed E-state index contributed by atoms with van der Waals surface area (Å²) in [4.78, 5) is 0. The van der Waals surface area contributed by atoms with Crippen molar-refractivity contribution in [2.75, 3.05) is 6.61 Å². The van der Waals surface area contributed by atoms with Gasteiger partial charge in [0, 0.05) is 12.3 Å². The van der Waals surface area contributed by atoms with Gasteiger partial charge >= 0.3 is 0 Å². The lowest BCUT2D eigenvalue weighted by Gasteiger charge is -2.61. The van der Waals surface area contributed by atoms with Gasteiger partial charge in [0.05, 0.1) is 18.8 Å². The molecular weight excluding hydrogens is 372 g/mol. The maximum absolute atomic E-state index is 10.3.